The molecule has 0 saturated heterocycles. The summed E-state index contributed by atoms with van der Waals surface area (Å²) in [5.74, 6) is 1.19. The Kier molecular flexibility index (Phi) is 7.45. The van der Waals surface area contributed by atoms with Crippen molar-refractivity contribution >= 4 is 7.82 Å². The first kappa shape index (κ1) is 15.1. The lowest BCUT2D eigenvalue weighted by Gasteiger charge is -2.12. The van der Waals surface area contributed by atoms with Gasteiger partial charge < -0.3 is 9.79 Å². The lowest BCUT2D eigenvalue weighted by Crippen LogP contribution is -2.01. The molecule has 2 N–H and O–H groups in total. The number of hydrogen-bond donors (Lipinski definition) is 2. The van der Waals surface area contributed by atoms with E-state index in [1.165, 1.54) is 12.8 Å². The van der Waals surface area contributed by atoms with Crippen molar-refractivity contribution in [3.8, 4) is 0 Å². The third-order valence-corrected chi connectivity index (χ3v) is 2.87. The Labute approximate surface area is 92.3 Å². The van der Waals surface area contributed by atoms with Crippen molar-refractivity contribution in [1.82, 2.24) is 0 Å². The van der Waals surface area contributed by atoms with E-state index in [0.29, 0.717) is 12.3 Å². The van der Waals surface area contributed by atoms with E-state index in [1.807, 2.05) is 0 Å². The number of phosphoric acid groups is 1. The van der Waals surface area contributed by atoms with E-state index in [2.05, 4.69) is 25.3 Å². The van der Waals surface area contributed by atoms with Crippen LogP contribution in [0.3, 0.4) is 0 Å². The van der Waals surface area contributed by atoms with Gasteiger partial charge in [-0.2, -0.15) is 0 Å². The Hall–Kier alpha value is 0.110. The summed E-state index contributed by atoms with van der Waals surface area (Å²) in [5.41, 5.74) is 0. The highest BCUT2D eigenvalue weighted by Gasteiger charge is 2.13. The van der Waals surface area contributed by atoms with Gasteiger partial charge in [0.15, 0.2) is 0 Å². The van der Waals surface area contributed by atoms with E-state index in [4.69, 9.17) is 9.79 Å². The highest BCUT2D eigenvalue weighted by Crippen LogP contribution is 2.36. The minimum atomic E-state index is -4.26. The summed E-state index contributed by atoms with van der Waals surface area (Å²) in [6, 6.07) is 0. The third kappa shape index (κ3) is 12.0. The quantitative estimate of drug-likeness (QED) is 0.638. The molecule has 5 heteroatoms. The van der Waals surface area contributed by atoms with Crippen LogP contribution in [0.4, 0.5) is 0 Å². The Bertz CT molecular complexity index is 200. The van der Waals surface area contributed by atoms with Crippen LogP contribution in [0, 0.1) is 11.8 Å². The molecule has 1 atom stereocenters. The molecule has 0 rings (SSSR count). The maximum Gasteiger partial charge on any atom is 0.469 e. The molecule has 0 aliphatic carbocycles. The molecule has 15 heavy (non-hydrogen) atoms. The molecule has 0 amide bonds. The van der Waals surface area contributed by atoms with E-state index >= 15 is 0 Å². The molecule has 0 radical (unpaired) electrons. The molecule has 0 aromatic heterocycles. The summed E-state index contributed by atoms with van der Waals surface area (Å²) in [5, 5.41) is 0. The monoisotopic (exact) mass is 238 g/mol. The minimum Gasteiger partial charge on any atom is -0.303 e. The molecule has 0 aromatic carbocycles. The van der Waals surface area contributed by atoms with Gasteiger partial charge in [0.25, 0.3) is 0 Å². The summed E-state index contributed by atoms with van der Waals surface area (Å²) in [4.78, 5) is 16.9. The van der Waals surface area contributed by atoms with Crippen LogP contribution in [-0.4, -0.2) is 16.4 Å². The highest BCUT2D eigenvalue weighted by molar-refractivity contribution is 7.46. The van der Waals surface area contributed by atoms with Crippen molar-refractivity contribution in [2.24, 2.45) is 11.8 Å². The minimum absolute atomic E-state index is 0.146. The van der Waals surface area contributed by atoms with Crippen molar-refractivity contribution in [2.75, 3.05) is 6.61 Å². The van der Waals surface area contributed by atoms with Gasteiger partial charge in [0.1, 0.15) is 0 Å². The summed E-state index contributed by atoms with van der Waals surface area (Å²) < 4.78 is 14.8. The van der Waals surface area contributed by atoms with Gasteiger partial charge >= 0.3 is 7.82 Å². The summed E-state index contributed by atoms with van der Waals surface area (Å²) >= 11 is 0. The molecular formula is C10H23O4P. The second kappa shape index (κ2) is 7.39. The topological polar surface area (TPSA) is 66.8 Å². The predicted molar refractivity (Wildman–Crippen MR) is 60.5 cm³/mol. The lowest BCUT2D eigenvalue weighted by atomic mass is 9.98. The smallest absolute Gasteiger partial charge is 0.303 e. The fourth-order valence-electron chi connectivity index (χ4n) is 1.39. The second-order valence-electron chi connectivity index (χ2n) is 4.54. The summed E-state index contributed by atoms with van der Waals surface area (Å²) in [7, 11) is -4.26. The van der Waals surface area contributed by atoms with Gasteiger partial charge in [-0.25, -0.2) is 4.57 Å². The van der Waals surface area contributed by atoms with E-state index in [9.17, 15) is 4.57 Å². The maximum atomic E-state index is 10.4. The zero-order valence-electron chi connectivity index (χ0n) is 9.85. The average molecular weight is 238 g/mol. The van der Waals surface area contributed by atoms with Crippen molar-refractivity contribution in [1.29, 1.82) is 0 Å². The van der Waals surface area contributed by atoms with Crippen molar-refractivity contribution in [3.05, 3.63) is 0 Å². The van der Waals surface area contributed by atoms with Crippen molar-refractivity contribution in [3.63, 3.8) is 0 Å². The Morgan fingerprint density at radius 3 is 2.20 bits per heavy atom. The SMILES string of the molecule is CC(C)CCCC(C)CCOP(=O)(O)O. The average Bonchev–Trinajstić information content (AvgIpc) is 2.00. The van der Waals surface area contributed by atoms with Crippen LogP contribution in [0.5, 0.6) is 0 Å². The fourth-order valence-corrected chi connectivity index (χ4v) is 1.73. The molecule has 4 nitrogen and oxygen atoms in total. The maximum absolute atomic E-state index is 10.4. The van der Waals surface area contributed by atoms with Gasteiger partial charge in [-0.15, -0.1) is 0 Å². The zero-order chi connectivity index (χ0) is 11.9. The summed E-state index contributed by atoms with van der Waals surface area (Å²) in [6.45, 7) is 6.62. The van der Waals surface area contributed by atoms with E-state index in [-0.39, 0.29) is 6.61 Å². The van der Waals surface area contributed by atoms with E-state index < -0.39 is 7.82 Å². The van der Waals surface area contributed by atoms with E-state index in [0.717, 1.165) is 12.3 Å². The molecular weight excluding hydrogens is 215 g/mol. The van der Waals surface area contributed by atoms with Gasteiger partial charge in [-0.1, -0.05) is 40.0 Å². The molecule has 92 valence electrons. The fraction of sp³-hybridized carbons (Fsp3) is 1.00. The van der Waals surface area contributed by atoms with Crippen molar-refractivity contribution in [2.45, 2.75) is 46.5 Å². The van der Waals surface area contributed by atoms with Crippen LogP contribution in [0.25, 0.3) is 0 Å². The third-order valence-electron chi connectivity index (χ3n) is 2.35. The van der Waals surface area contributed by atoms with Crippen LogP contribution >= 0.6 is 7.82 Å². The Balaban J connectivity index is 3.41. The molecule has 0 aromatic rings. The summed E-state index contributed by atoms with van der Waals surface area (Å²) in [6.07, 6.45) is 4.20. The number of rotatable bonds is 8. The van der Waals surface area contributed by atoms with E-state index in [1.54, 1.807) is 0 Å². The Morgan fingerprint density at radius 1 is 1.13 bits per heavy atom. The standard InChI is InChI=1S/C10H23O4P/c1-9(2)5-4-6-10(3)7-8-14-15(11,12)13/h9-10H,4-8H2,1-3H3,(H2,11,12,13). The number of hydrogen-bond acceptors (Lipinski definition) is 2. The van der Waals surface area contributed by atoms with Crippen molar-refractivity contribution < 1.29 is 18.9 Å². The molecule has 0 saturated carbocycles. The van der Waals surface area contributed by atoms with Crippen LogP contribution in [-0.2, 0) is 9.09 Å². The lowest BCUT2D eigenvalue weighted by molar-refractivity contribution is 0.184. The first-order valence-corrected chi connectivity index (χ1v) is 7.04. The van der Waals surface area contributed by atoms with Crippen LogP contribution < -0.4 is 0 Å². The largest absolute Gasteiger partial charge is 0.469 e. The van der Waals surface area contributed by atoms with Gasteiger partial charge in [-0.05, 0) is 18.3 Å². The zero-order valence-corrected chi connectivity index (χ0v) is 10.7. The van der Waals surface area contributed by atoms with Gasteiger partial charge in [0.05, 0.1) is 6.61 Å². The normalized spacial score (nSPS) is 14.5. The molecule has 0 aliphatic rings. The first-order valence-electron chi connectivity index (χ1n) is 5.51. The van der Waals surface area contributed by atoms with Gasteiger partial charge in [-0.3, -0.25) is 4.52 Å². The molecule has 0 fully saturated rings. The second-order valence-corrected chi connectivity index (χ2v) is 5.78. The highest BCUT2D eigenvalue weighted by atomic mass is 31.2. The molecule has 1 unspecified atom stereocenters. The van der Waals surface area contributed by atoms with Crippen LogP contribution in [0.1, 0.15) is 46.5 Å². The van der Waals surface area contributed by atoms with Crippen LogP contribution in [0.15, 0.2) is 0 Å². The molecule has 0 spiro atoms. The van der Waals surface area contributed by atoms with Crippen LogP contribution in [0.2, 0.25) is 0 Å². The van der Waals surface area contributed by atoms with Gasteiger partial charge in [0.2, 0.25) is 0 Å². The molecule has 0 heterocycles. The predicted octanol–water partition coefficient (Wildman–Crippen LogP) is 2.95. The first-order chi connectivity index (χ1) is 6.81. The number of phosphoric ester groups is 1. The Morgan fingerprint density at radius 2 is 1.73 bits per heavy atom. The molecule has 0 bridgehead atoms. The molecule has 0 aliphatic heterocycles. The van der Waals surface area contributed by atoms with Gasteiger partial charge in [0, 0.05) is 0 Å².